The van der Waals surface area contributed by atoms with E-state index in [1.165, 1.54) is 5.56 Å². The molecule has 2 rings (SSSR count). The summed E-state index contributed by atoms with van der Waals surface area (Å²) in [5.74, 6) is 3.57. The molecule has 2 aromatic rings. The molecule has 158 valence electrons. The fourth-order valence-electron chi connectivity index (χ4n) is 2.87. The minimum atomic E-state index is 0.668. The number of rotatable bonds is 10. The Morgan fingerprint density at radius 1 is 0.828 bits per heavy atom. The zero-order valence-corrected chi connectivity index (χ0v) is 17.9. The van der Waals surface area contributed by atoms with Gasteiger partial charge in [0.1, 0.15) is 0 Å². The number of hydrogen-bond donors (Lipinski definition) is 2. The number of methoxy groups -OCH3 is 4. The Morgan fingerprint density at radius 3 is 2.07 bits per heavy atom. The molecule has 0 unspecified atom stereocenters. The van der Waals surface area contributed by atoms with Crippen molar-refractivity contribution < 1.29 is 18.9 Å². The number of nitrogens with one attached hydrogen (secondary N) is 2. The molecule has 0 aliphatic rings. The molecule has 0 bridgehead atoms. The molecule has 0 radical (unpaired) electrons. The Morgan fingerprint density at radius 2 is 1.45 bits per heavy atom. The van der Waals surface area contributed by atoms with Crippen molar-refractivity contribution in [1.29, 1.82) is 0 Å². The summed E-state index contributed by atoms with van der Waals surface area (Å²) in [6, 6.07) is 11.7. The predicted molar refractivity (Wildman–Crippen MR) is 117 cm³/mol. The van der Waals surface area contributed by atoms with E-state index in [-0.39, 0.29) is 0 Å². The smallest absolute Gasteiger partial charge is 0.195 e. The van der Waals surface area contributed by atoms with Gasteiger partial charge in [0.05, 0.1) is 28.4 Å². The molecule has 0 aromatic heterocycles. The van der Waals surface area contributed by atoms with Gasteiger partial charge in [-0.05, 0) is 49.6 Å². The Balaban J connectivity index is 1.97. The van der Waals surface area contributed by atoms with Gasteiger partial charge in [0.25, 0.3) is 0 Å². The molecule has 2 N–H and O–H groups in total. The Hall–Kier alpha value is -3.09. The molecule has 0 amide bonds. The lowest BCUT2D eigenvalue weighted by molar-refractivity contribution is 0.354. The van der Waals surface area contributed by atoms with Crippen molar-refractivity contribution in [2.24, 2.45) is 4.99 Å². The average molecular weight is 402 g/mol. The van der Waals surface area contributed by atoms with Crippen molar-refractivity contribution in [3.8, 4) is 23.0 Å². The van der Waals surface area contributed by atoms with Gasteiger partial charge >= 0.3 is 0 Å². The lowest BCUT2D eigenvalue weighted by Gasteiger charge is -2.14. The molecule has 0 saturated carbocycles. The highest BCUT2D eigenvalue weighted by Gasteiger charge is 2.07. The zero-order valence-electron chi connectivity index (χ0n) is 17.9. The highest BCUT2D eigenvalue weighted by molar-refractivity contribution is 5.93. The largest absolute Gasteiger partial charge is 0.493 e. The first-order chi connectivity index (χ1) is 14.1. The maximum Gasteiger partial charge on any atom is 0.195 e. The standard InChI is InChI=1S/C22H31N3O4/c1-6-23-22(25-17-10-12-19(27-3)21(15-17)29-5)24-13-7-8-16-9-11-18(26-2)20(14-16)28-4/h9-12,14-15H,6-8,13H2,1-5H3,(H2,23,24,25). The molecule has 0 aliphatic carbocycles. The van der Waals surface area contributed by atoms with Gasteiger partial charge < -0.3 is 29.6 Å². The van der Waals surface area contributed by atoms with Gasteiger partial charge in [-0.2, -0.15) is 0 Å². The topological polar surface area (TPSA) is 73.3 Å². The summed E-state index contributed by atoms with van der Waals surface area (Å²) in [6.07, 6.45) is 1.82. The molecule has 2 aromatic carbocycles. The second kappa shape index (κ2) is 11.7. The van der Waals surface area contributed by atoms with Crippen molar-refractivity contribution >= 4 is 11.6 Å². The number of anilines is 1. The van der Waals surface area contributed by atoms with Gasteiger partial charge in [0.15, 0.2) is 29.0 Å². The maximum absolute atomic E-state index is 5.36. The van der Waals surface area contributed by atoms with E-state index in [1.54, 1.807) is 28.4 Å². The molecule has 29 heavy (non-hydrogen) atoms. The Bertz CT molecular complexity index is 809. The summed E-state index contributed by atoms with van der Waals surface area (Å²) < 4.78 is 21.3. The second-order valence-corrected chi connectivity index (χ2v) is 6.25. The first-order valence-corrected chi connectivity index (χ1v) is 9.63. The summed E-state index contributed by atoms with van der Waals surface area (Å²) in [6.45, 7) is 3.50. The lowest BCUT2D eigenvalue weighted by Crippen LogP contribution is -2.30. The molecule has 0 heterocycles. The number of nitrogens with zero attached hydrogens (tertiary/aromatic N) is 1. The van der Waals surface area contributed by atoms with Gasteiger partial charge in [-0.15, -0.1) is 0 Å². The van der Waals surface area contributed by atoms with Crippen LogP contribution in [-0.2, 0) is 6.42 Å². The summed E-state index contributed by atoms with van der Waals surface area (Å²) in [5.41, 5.74) is 2.07. The Labute approximate surface area is 173 Å². The van der Waals surface area contributed by atoms with Gasteiger partial charge in [0.2, 0.25) is 0 Å². The number of ether oxygens (including phenoxy) is 4. The Kier molecular flexibility index (Phi) is 8.95. The summed E-state index contributed by atoms with van der Waals surface area (Å²) in [7, 11) is 6.53. The van der Waals surface area contributed by atoms with E-state index < -0.39 is 0 Å². The summed E-state index contributed by atoms with van der Waals surface area (Å²) >= 11 is 0. The predicted octanol–water partition coefficient (Wildman–Crippen LogP) is 3.73. The fourth-order valence-corrected chi connectivity index (χ4v) is 2.87. The normalized spacial score (nSPS) is 11.0. The maximum atomic E-state index is 5.36. The molecular formula is C22H31N3O4. The molecule has 0 aliphatic heterocycles. The van der Waals surface area contributed by atoms with Crippen LogP contribution in [0.3, 0.4) is 0 Å². The molecule has 0 spiro atoms. The van der Waals surface area contributed by atoms with E-state index in [1.807, 2.05) is 37.3 Å². The van der Waals surface area contributed by atoms with Crippen molar-refractivity contribution in [1.82, 2.24) is 5.32 Å². The third kappa shape index (κ3) is 6.48. The van der Waals surface area contributed by atoms with Crippen molar-refractivity contribution in [3.63, 3.8) is 0 Å². The monoisotopic (exact) mass is 401 g/mol. The summed E-state index contributed by atoms with van der Waals surface area (Å²) in [5, 5.41) is 6.56. The third-order valence-electron chi connectivity index (χ3n) is 4.33. The highest BCUT2D eigenvalue weighted by Crippen LogP contribution is 2.30. The highest BCUT2D eigenvalue weighted by atomic mass is 16.5. The van der Waals surface area contributed by atoms with Crippen molar-refractivity contribution in [2.75, 3.05) is 46.8 Å². The first kappa shape index (κ1) is 22.2. The van der Waals surface area contributed by atoms with Crippen LogP contribution in [0.15, 0.2) is 41.4 Å². The van der Waals surface area contributed by atoms with Gasteiger partial charge in [-0.1, -0.05) is 6.07 Å². The molecule has 0 saturated heterocycles. The van der Waals surface area contributed by atoms with Crippen LogP contribution in [0.2, 0.25) is 0 Å². The minimum Gasteiger partial charge on any atom is -0.493 e. The van der Waals surface area contributed by atoms with Crippen LogP contribution in [0.4, 0.5) is 5.69 Å². The second-order valence-electron chi connectivity index (χ2n) is 6.25. The van der Waals surface area contributed by atoms with Crippen LogP contribution in [0.5, 0.6) is 23.0 Å². The van der Waals surface area contributed by atoms with E-state index in [9.17, 15) is 0 Å². The van der Waals surface area contributed by atoms with Crippen molar-refractivity contribution in [2.45, 2.75) is 19.8 Å². The molecule has 0 fully saturated rings. The zero-order chi connectivity index (χ0) is 21.1. The van der Waals surface area contributed by atoms with Crippen LogP contribution in [0.25, 0.3) is 0 Å². The molecule has 7 nitrogen and oxygen atoms in total. The number of benzene rings is 2. The van der Waals surface area contributed by atoms with E-state index in [0.717, 1.165) is 42.5 Å². The van der Waals surface area contributed by atoms with Crippen LogP contribution >= 0.6 is 0 Å². The molecule has 0 atom stereocenters. The van der Waals surface area contributed by atoms with Crippen molar-refractivity contribution in [3.05, 3.63) is 42.0 Å². The first-order valence-electron chi connectivity index (χ1n) is 9.63. The van der Waals surface area contributed by atoms with E-state index in [0.29, 0.717) is 18.0 Å². The summed E-state index contributed by atoms with van der Waals surface area (Å²) in [4.78, 5) is 4.66. The van der Waals surface area contributed by atoms with Crippen LogP contribution in [0, 0.1) is 0 Å². The van der Waals surface area contributed by atoms with E-state index in [4.69, 9.17) is 18.9 Å². The quantitative estimate of drug-likeness (QED) is 0.359. The number of aryl methyl sites for hydroxylation is 1. The molecule has 7 heteroatoms. The average Bonchev–Trinajstić information content (AvgIpc) is 2.76. The number of aliphatic imine (C=N–C) groups is 1. The third-order valence-corrected chi connectivity index (χ3v) is 4.33. The molecular weight excluding hydrogens is 370 g/mol. The van der Waals surface area contributed by atoms with E-state index >= 15 is 0 Å². The van der Waals surface area contributed by atoms with E-state index in [2.05, 4.69) is 21.7 Å². The van der Waals surface area contributed by atoms with Gasteiger partial charge in [-0.3, -0.25) is 4.99 Å². The fraction of sp³-hybridized carbons (Fsp3) is 0.409. The van der Waals surface area contributed by atoms with Crippen LogP contribution in [-0.4, -0.2) is 47.5 Å². The minimum absolute atomic E-state index is 0.668. The van der Waals surface area contributed by atoms with Gasteiger partial charge in [0, 0.05) is 24.8 Å². The van der Waals surface area contributed by atoms with Crippen LogP contribution < -0.4 is 29.6 Å². The SMILES string of the molecule is CCNC(=NCCCc1ccc(OC)c(OC)c1)Nc1ccc(OC)c(OC)c1. The number of hydrogen-bond acceptors (Lipinski definition) is 5. The number of guanidine groups is 1. The lowest BCUT2D eigenvalue weighted by atomic mass is 10.1. The van der Waals surface area contributed by atoms with Gasteiger partial charge in [-0.25, -0.2) is 0 Å². The van der Waals surface area contributed by atoms with Crippen LogP contribution in [0.1, 0.15) is 18.9 Å².